The molecule has 1 heterocycles. The van der Waals surface area contributed by atoms with Crippen molar-refractivity contribution in [2.24, 2.45) is 5.41 Å². The number of rotatable bonds is 7. The van der Waals surface area contributed by atoms with Crippen LogP contribution in [-0.4, -0.2) is 40.3 Å². The summed E-state index contributed by atoms with van der Waals surface area (Å²) in [5, 5.41) is 23.3. The molecule has 3 amide bonds. The molecule has 1 aromatic heterocycles. The number of hydrogen-bond acceptors (Lipinski definition) is 5. The van der Waals surface area contributed by atoms with Gasteiger partial charge in [-0.25, -0.2) is 14.2 Å². The maximum Gasteiger partial charge on any atom is 0.326 e. The van der Waals surface area contributed by atoms with Gasteiger partial charge in [-0.3, -0.25) is 10.1 Å². The van der Waals surface area contributed by atoms with Crippen LogP contribution in [0.25, 0.3) is 11.0 Å². The van der Waals surface area contributed by atoms with Gasteiger partial charge in [-0.15, -0.1) is 0 Å². The summed E-state index contributed by atoms with van der Waals surface area (Å²) in [6.07, 6.45) is 0.823. The smallest absolute Gasteiger partial charge is 0.326 e. The number of imidazole rings is 1. The molecule has 10 heteroatoms. The normalized spacial score (nSPS) is 11.2. The summed E-state index contributed by atoms with van der Waals surface area (Å²) >= 11 is 0. The Balaban J connectivity index is 1.86. The lowest BCUT2D eigenvalue weighted by Crippen LogP contribution is -2.29. The van der Waals surface area contributed by atoms with Crippen molar-refractivity contribution in [1.82, 2.24) is 9.55 Å². The Labute approximate surface area is 203 Å². The van der Waals surface area contributed by atoms with E-state index < -0.39 is 11.8 Å². The molecule has 0 aliphatic rings. The molecule has 9 nitrogen and oxygen atoms in total. The largest absolute Gasteiger partial charge is 0.396 e. The number of nitrogens with one attached hydrogen (secondary N) is 2. The van der Waals surface area contributed by atoms with Crippen LogP contribution in [0.1, 0.15) is 39.2 Å². The maximum absolute atomic E-state index is 13.9. The Kier molecular flexibility index (Phi) is 7.71. The predicted octanol–water partition coefficient (Wildman–Crippen LogP) is 4.47. The Hall–Kier alpha value is -3.97. The zero-order chi connectivity index (χ0) is 25.8. The van der Waals surface area contributed by atoms with Gasteiger partial charge in [-0.2, -0.15) is 5.26 Å². The highest BCUT2D eigenvalue weighted by Gasteiger charge is 2.21. The summed E-state index contributed by atoms with van der Waals surface area (Å²) in [4.78, 5) is 31.3. The van der Waals surface area contributed by atoms with Gasteiger partial charge in [0.1, 0.15) is 11.9 Å². The molecule has 3 aromatic rings. The highest BCUT2D eigenvalue weighted by atomic mass is 19.1. The van der Waals surface area contributed by atoms with E-state index in [1.807, 2.05) is 32.9 Å². The number of aryl methyl sites for hydroxylation is 1. The molecule has 0 radical (unpaired) electrons. The van der Waals surface area contributed by atoms with Crippen molar-refractivity contribution in [3.63, 3.8) is 0 Å². The molecule has 3 rings (SSSR count). The van der Waals surface area contributed by atoms with Crippen LogP contribution in [0.3, 0.4) is 0 Å². The molecule has 0 fully saturated rings. The van der Waals surface area contributed by atoms with Gasteiger partial charge in [-0.05, 0) is 48.2 Å². The third-order valence-electron chi connectivity index (χ3n) is 5.29. The van der Waals surface area contributed by atoms with Crippen LogP contribution < -0.4 is 15.5 Å². The topological polar surface area (TPSA) is 123 Å². The lowest BCUT2D eigenvalue weighted by Gasteiger charge is -2.23. The minimum absolute atomic E-state index is 0.0241. The van der Waals surface area contributed by atoms with Crippen LogP contribution in [0.4, 0.5) is 26.5 Å². The number of aliphatic hydroxyl groups is 1. The number of fused-ring (bicyclic) bond motifs is 1. The van der Waals surface area contributed by atoms with Gasteiger partial charge < -0.3 is 19.9 Å². The Morgan fingerprint density at radius 1 is 1.20 bits per heavy atom. The molecular formula is C25H29FN6O3. The van der Waals surface area contributed by atoms with Crippen molar-refractivity contribution in [2.75, 3.05) is 29.2 Å². The zero-order valence-electron chi connectivity index (χ0n) is 20.2. The first-order valence-corrected chi connectivity index (χ1v) is 11.2. The second-order valence-electron chi connectivity index (χ2n) is 9.41. The number of benzene rings is 2. The molecule has 0 bridgehead atoms. The predicted molar refractivity (Wildman–Crippen MR) is 133 cm³/mol. The van der Waals surface area contributed by atoms with E-state index in [1.165, 1.54) is 12.1 Å². The molecule has 0 aliphatic heterocycles. The van der Waals surface area contributed by atoms with E-state index in [0.29, 0.717) is 30.6 Å². The van der Waals surface area contributed by atoms with E-state index in [4.69, 9.17) is 5.26 Å². The summed E-state index contributed by atoms with van der Waals surface area (Å²) in [5.74, 6) is -0.525. The van der Waals surface area contributed by atoms with Gasteiger partial charge in [-0.1, -0.05) is 20.8 Å². The second kappa shape index (κ2) is 10.5. The molecule has 35 heavy (non-hydrogen) atoms. The summed E-state index contributed by atoms with van der Waals surface area (Å²) in [7, 11) is 1.71. The number of hydrogen-bond donors (Lipinski definition) is 3. The van der Waals surface area contributed by atoms with Crippen LogP contribution in [0.15, 0.2) is 36.4 Å². The molecule has 184 valence electrons. The lowest BCUT2D eigenvalue weighted by atomic mass is 9.91. The highest BCUT2D eigenvalue weighted by Crippen LogP contribution is 2.27. The van der Waals surface area contributed by atoms with Crippen LogP contribution in [0.5, 0.6) is 0 Å². The molecule has 2 aromatic carbocycles. The second-order valence-corrected chi connectivity index (χ2v) is 9.41. The Bertz CT molecular complexity index is 1290. The molecule has 3 N–H and O–H groups in total. The van der Waals surface area contributed by atoms with Gasteiger partial charge in [0.2, 0.25) is 11.9 Å². The van der Waals surface area contributed by atoms with E-state index in [2.05, 4.69) is 15.6 Å². The monoisotopic (exact) mass is 480 g/mol. The van der Waals surface area contributed by atoms with Crippen LogP contribution in [0.2, 0.25) is 0 Å². The highest BCUT2D eigenvalue weighted by molar-refractivity contribution is 6.00. The number of aliphatic hydroxyl groups excluding tert-OH is 1. The van der Waals surface area contributed by atoms with Crippen LogP contribution in [-0.2, 0) is 11.3 Å². The van der Waals surface area contributed by atoms with Crippen molar-refractivity contribution in [2.45, 2.75) is 40.2 Å². The van der Waals surface area contributed by atoms with Crippen molar-refractivity contribution in [1.29, 1.82) is 5.26 Å². The van der Waals surface area contributed by atoms with Crippen molar-refractivity contribution >= 4 is 40.3 Å². The summed E-state index contributed by atoms with van der Waals surface area (Å²) in [5.41, 5.74) is 1.86. The number of carbonyl (C=O) groups is 2. The fourth-order valence-corrected chi connectivity index (χ4v) is 3.54. The summed E-state index contributed by atoms with van der Waals surface area (Å²) in [6.45, 7) is 6.35. The number of aromatic nitrogens is 2. The molecule has 0 atom stereocenters. The minimum Gasteiger partial charge on any atom is -0.396 e. The number of nitriles is 1. The first-order valence-electron chi connectivity index (χ1n) is 11.2. The fraction of sp³-hybridized carbons (Fsp3) is 0.360. The SMILES string of the molecule is CN(C(=O)CC(C)(C)C)c1ccc2c(c1)nc(NC(=O)Nc1ccc(C#N)c(F)c1)n2CCCO. The van der Waals surface area contributed by atoms with E-state index in [0.717, 1.165) is 11.6 Å². The lowest BCUT2D eigenvalue weighted by molar-refractivity contribution is -0.120. The first-order chi connectivity index (χ1) is 16.5. The number of urea groups is 1. The van der Waals surface area contributed by atoms with E-state index in [-0.39, 0.29) is 35.1 Å². The Morgan fingerprint density at radius 3 is 2.57 bits per heavy atom. The quantitative estimate of drug-likeness (QED) is 0.460. The van der Waals surface area contributed by atoms with Gasteiger partial charge in [0, 0.05) is 38.0 Å². The number of anilines is 3. The molecule has 0 saturated heterocycles. The standard InChI is InChI=1S/C25H29FN6O3/c1-25(2,3)14-22(34)31(4)18-8-9-21-20(13-18)29-23(32(21)10-5-11-33)30-24(35)28-17-7-6-16(15-27)19(26)12-17/h6-9,12-13,33H,5,10-11,14H2,1-4H3,(H2,28,29,30,35). The van der Waals surface area contributed by atoms with Crippen LogP contribution >= 0.6 is 0 Å². The molecule has 0 aliphatic carbocycles. The number of carbonyl (C=O) groups excluding carboxylic acids is 2. The van der Waals surface area contributed by atoms with E-state index in [9.17, 15) is 19.1 Å². The third kappa shape index (κ3) is 6.33. The molecule has 0 spiro atoms. The van der Waals surface area contributed by atoms with Crippen LogP contribution in [0, 0.1) is 22.6 Å². The molecule has 0 saturated carbocycles. The van der Waals surface area contributed by atoms with Crippen molar-refractivity contribution < 1.29 is 19.1 Å². The average Bonchev–Trinajstić information content (AvgIpc) is 3.11. The zero-order valence-corrected chi connectivity index (χ0v) is 20.2. The van der Waals surface area contributed by atoms with E-state index >= 15 is 0 Å². The van der Waals surface area contributed by atoms with E-state index in [1.54, 1.807) is 28.7 Å². The van der Waals surface area contributed by atoms with Gasteiger partial charge >= 0.3 is 6.03 Å². The summed E-state index contributed by atoms with van der Waals surface area (Å²) < 4.78 is 15.6. The summed E-state index contributed by atoms with van der Waals surface area (Å²) in [6, 6.07) is 10.2. The van der Waals surface area contributed by atoms with Crippen molar-refractivity contribution in [3.05, 3.63) is 47.8 Å². The van der Waals surface area contributed by atoms with Gasteiger partial charge in [0.15, 0.2) is 0 Å². The molecular weight excluding hydrogens is 451 g/mol. The van der Waals surface area contributed by atoms with Crippen molar-refractivity contribution in [3.8, 4) is 6.07 Å². The minimum atomic E-state index is -0.738. The average molecular weight is 481 g/mol. The number of halogens is 1. The first kappa shape index (κ1) is 25.6. The van der Waals surface area contributed by atoms with Gasteiger partial charge in [0.05, 0.1) is 16.6 Å². The Morgan fingerprint density at radius 2 is 1.94 bits per heavy atom. The third-order valence-corrected chi connectivity index (χ3v) is 5.29. The molecule has 0 unspecified atom stereocenters. The van der Waals surface area contributed by atoms with Gasteiger partial charge in [0.25, 0.3) is 0 Å². The number of amides is 3. The maximum atomic E-state index is 13.9. The number of nitrogens with zero attached hydrogens (tertiary/aromatic N) is 4. The fourth-order valence-electron chi connectivity index (χ4n) is 3.54.